The lowest BCUT2D eigenvalue weighted by molar-refractivity contribution is 0.269. The van der Waals surface area contributed by atoms with Crippen molar-refractivity contribution in [2.45, 2.75) is 18.0 Å². The van der Waals surface area contributed by atoms with Crippen LogP contribution in [0, 0.1) is 11.6 Å². The zero-order valence-corrected chi connectivity index (χ0v) is 16.1. The summed E-state index contributed by atoms with van der Waals surface area (Å²) in [5.41, 5.74) is 0.577. The number of anilines is 3. The van der Waals surface area contributed by atoms with E-state index in [2.05, 4.69) is 25.7 Å². The number of sulfone groups is 1. The van der Waals surface area contributed by atoms with Crippen LogP contribution in [-0.2, 0) is 22.9 Å². The van der Waals surface area contributed by atoms with Gasteiger partial charge in [-0.25, -0.2) is 22.2 Å². The van der Waals surface area contributed by atoms with Gasteiger partial charge in [0.1, 0.15) is 5.82 Å². The molecule has 154 valence electrons. The van der Waals surface area contributed by atoms with Gasteiger partial charge in [0.25, 0.3) is 0 Å². The van der Waals surface area contributed by atoms with E-state index in [-0.39, 0.29) is 35.4 Å². The summed E-state index contributed by atoms with van der Waals surface area (Å²) in [7, 11) is -3.50. The molecular weight excluding hydrogens is 406 g/mol. The molecule has 0 aliphatic rings. The van der Waals surface area contributed by atoms with Gasteiger partial charge >= 0.3 is 0 Å². The summed E-state index contributed by atoms with van der Waals surface area (Å²) in [5.74, 6) is -1.50. The summed E-state index contributed by atoms with van der Waals surface area (Å²) in [4.78, 5) is 7.79. The highest BCUT2D eigenvalue weighted by Gasteiger charge is 2.13. The van der Waals surface area contributed by atoms with E-state index in [1.807, 2.05) is 0 Å². The number of hydrogen-bond donors (Lipinski definition) is 3. The molecular formula is C17H18F2N6O3S. The highest BCUT2D eigenvalue weighted by molar-refractivity contribution is 7.90. The Morgan fingerprint density at radius 1 is 1.21 bits per heavy atom. The van der Waals surface area contributed by atoms with Crippen molar-refractivity contribution >= 4 is 27.3 Å². The fourth-order valence-corrected chi connectivity index (χ4v) is 3.10. The third-order valence-corrected chi connectivity index (χ3v) is 4.96. The first kappa shape index (κ1) is 20.6. The summed E-state index contributed by atoms with van der Waals surface area (Å²) in [5, 5.41) is 18.4. The van der Waals surface area contributed by atoms with Crippen molar-refractivity contribution in [1.82, 2.24) is 19.7 Å². The van der Waals surface area contributed by atoms with Crippen molar-refractivity contribution < 1.29 is 22.3 Å². The SMILES string of the molecule is CS(=O)(=O)c1ccc(F)c(CNc2nc(Nc3cnn(CCO)c3)ncc2F)c1. The van der Waals surface area contributed by atoms with Crippen LogP contribution >= 0.6 is 0 Å². The van der Waals surface area contributed by atoms with E-state index >= 15 is 0 Å². The van der Waals surface area contributed by atoms with E-state index in [0.29, 0.717) is 12.2 Å². The van der Waals surface area contributed by atoms with Crippen LogP contribution in [0.5, 0.6) is 0 Å². The Morgan fingerprint density at radius 2 is 2.00 bits per heavy atom. The minimum absolute atomic E-state index is 0.0406. The Kier molecular flexibility index (Phi) is 6.03. The zero-order chi connectivity index (χ0) is 21.0. The normalized spacial score (nSPS) is 11.4. The maximum Gasteiger partial charge on any atom is 0.229 e. The minimum atomic E-state index is -3.50. The molecule has 0 aliphatic heterocycles. The number of nitrogens with one attached hydrogen (secondary N) is 2. The summed E-state index contributed by atoms with van der Waals surface area (Å²) >= 11 is 0. The number of hydrogen-bond acceptors (Lipinski definition) is 8. The molecule has 2 heterocycles. The molecule has 3 aromatic rings. The molecule has 12 heteroatoms. The average molecular weight is 424 g/mol. The molecule has 0 bridgehead atoms. The average Bonchev–Trinajstić information content (AvgIpc) is 3.09. The number of halogens is 2. The first-order chi connectivity index (χ1) is 13.8. The number of aliphatic hydroxyl groups is 1. The van der Waals surface area contributed by atoms with Crippen LogP contribution in [0.2, 0.25) is 0 Å². The lowest BCUT2D eigenvalue weighted by atomic mass is 10.2. The number of nitrogens with zero attached hydrogens (tertiary/aromatic N) is 4. The largest absolute Gasteiger partial charge is 0.394 e. The molecule has 3 N–H and O–H groups in total. The number of aromatic nitrogens is 4. The van der Waals surface area contributed by atoms with Gasteiger partial charge in [-0.1, -0.05) is 0 Å². The molecule has 9 nitrogen and oxygen atoms in total. The predicted octanol–water partition coefficient (Wildman–Crippen LogP) is 1.70. The number of benzene rings is 1. The quantitative estimate of drug-likeness (QED) is 0.467. The summed E-state index contributed by atoms with van der Waals surface area (Å²) in [6.07, 6.45) is 5.06. The topological polar surface area (TPSA) is 122 Å². The first-order valence-corrected chi connectivity index (χ1v) is 10.3. The number of aliphatic hydroxyl groups excluding tert-OH is 1. The van der Waals surface area contributed by atoms with E-state index < -0.39 is 21.5 Å². The third-order valence-electron chi connectivity index (χ3n) is 3.85. The summed E-state index contributed by atoms with van der Waals surface area (Å²) < 4.78 is 52.8. The van der Waals surface area contributed by atoms with Gasteiger partial charge in [0.2, 0.25) is 5.95 Å². The van der Waals surface area contributed by atoms with Crippen molar-refractivity contribution in [3.8, 4) is 0 Å². The van der Waals surface area contributed by atoms with E-state index in [1.165, 1.54) is 23.0 Å². The van der Waals surface area contributed by atoms with Crippen LogP contribution in [0.15, 0.2) is 41.7 Å². The Hall–Kier alpha value is -3.12. The maximum atomic E-state index is 14.0. The van der Waals surface area contributed by atoms with Crippen molar-refractivity contribution in [2.24, 2.45) is 0 Å². The first-order valence-electron chi connectivity index (χ1n) is 8.41. The van der Waals surface area contributed by atoms with Crippen molar-refractivity contribution in [1.29, 1.82) is 0 Å². The molecule has 0 spiro atoms. The lowest BCUT2D eigenvalue weighted by Crippen LogP contribution is -2.09. The Labute approximate surface area is 165 Å². The van der Waals surface area contributed by atoms with Gasteiger partial charge in [-0.3, -0.25) is 4.68 Å². The Bertz CT molecular complexity index is 1120. The summed E-state index contributed by atoms with van der Waals surface area (Å²) in [6.45, 7) is 0.0627. The molecule has 1 aromatic carbocycles. The Balaban J connectivity index is 1.75. The van der Waals surface area contributed by atoms with Gasteiger partial charge in [-0.05, 0) is 18.2 Å². The van der Waals surface area contributed by atoms with Crippen molar-refractivity contribution in [3.05, 3.63) is 54.0 Å². The maximum absolute atomic E-state index is 14.0. The van der Waals surface area contributed by atoms with E-state index in [0.717, 1.165) is 18.5 Å². The molecule has 0 fully saturated rings. The highest BCUT2D eigenvalue weighted by Crippen LogP contribution is 2.19. The fourth-order valence-electron chi connectivity index (χ4n) is 2.43. The lowest BCUT2D eigenvalue weighted by Gasteiger charge is -2.10. The molecule has 0 radical (unpaired) electrons. The smallest absolute Gasteiger partial charge is 0.229 e. The van der Waals surface area contributed by atoms with Crippen LogP contribution in [-0.4, -0.2) is 46.1 Å². The van der Waals surface area contributed by atoms with Crippen LogP contribution in [0.3, 0.4) is 0 Å². The molecule has 2 aromatic heterocycles. The van der Waals surface area contributed by atoms with Gasteiger partial charge in [-0.15, -0.1) is 0 Å². The molecule has 0 saturated heterocycles. The Morgan fingerprint density at radius 3 is 2.72 bits per heavy atom. The number of rotatable bonds is 8. The standard InChI is InChI=1S/C17H18F2N6O3S/c1-29(27,28)13-2-3-14(18)11(6-13)7-20-16-15(19)9-21-17(24-16)23-12-8-22-25(10-12)4-5-26/h2-3,6,8-10,26H,4-5,7H2,1H3,(H2,20,21,23,24). The molecule has 29 heavy (non-hydrogen) atoms. The van der Waals surface area contributed by atoms with Crippen LogP contribution in [0.25, 0.3) is 0 Å². The highest BCUT2D eigenvalue weighted by atomic mass is 32.2. The van der Waals surface area contributed by atoms with Crippen molar-refractivity contribution in [2.75, 3.05) is 23.5 Å². The molecule has 0 amide bonds. The van der Waals surface area contributed by atoms with Gasteiger partial charge in [0.15, 0.2) is 21.5 Å². The van der Waals surface area contributed by atoms with Gasteiger partial charge in [-0.2, -0.15) is 10.1 Å². The second-order valence-corrected chi connectivity index (χ2v) is 8.13. The molecule has 0 unspecified atom stereocenters. The predicted molar refractivity (Wildman–Crippen MR) is 101 cm³/mol. The van der Waals surface area contributed by atoms with Gasteiger partial charge < -0.3 is 15.7 Å². The fraction of sp³-hybridized carbons (Fsp3) is 0.235. The monoisotopic (exact) mass is 424 g/mol. The van der Waals surface area contributed by atoms with Gasteiger partial charge in [0.05, 0.1) is 36.1 Å². The van der Waals surface area contributed by atoms with Crippen molar-refractivity contribution in [3.63, 3.8) is 0 Å². The molecule has 0 saturated carbocycles. The second kappa shape index (κ2) is 8.49. The zero-order valence-electron chi connectivity index (χ0n) is 15.3. The van der Waals surface area contributed by atoms with E-state index in [4.69, 9.17) is 5.11 Å². The molecule has 0 aliphatic carbocycles. The second-order valence-electron chi connectivity index (χ2n) is 6.11. The van der Waals surface area contributed by atoms with E-state index in [1.54, 1.807) is 6.20 Å². The van der Waals surface area contributed by atoms with Crippen LogP contribution in [0.1, 0.15) is 5.56 Å². The van der Waals surface area contributed by atoms with E-state index in [9.17, 15) is 17.2 Å². The minimum Gasteiger partial charge on any atom is -0.394 e. The van der Waals surface area contributed by atoms with Crippen LogP contribution in [0.4, 0.5) is 26.2 Å². The molecule has 3 rings (SSSR count). The third kappa shape index (κ3) is 5.23. The van der Waals surface area contributed by atoms with Crippen LogP contribution < -0.4 is 10.6 Å². The van der Waals surface area contributed by atoms with Gasteiger partial charge in [0, 0.05) is 24.6 Å². The summed E-state index contributed by atoms with van der Waals surface area (Å²) in [6, 6.07) is 3.39. The molecule has 0 atom stereocenters.